The normalized spacial score (nSPS) is 25.0. The van der Waals surface area contributed by atoms with E-state index < -0.39 is 0 Å². The fraction of sp³-hybridized carbons (Fsp3) is 1.00. The van der Waals surface area contributed by atoms with Crippen molar-refractivity contribution in [1.29, 1.82) is 0 Å². The molecule has 56 valence electrons. The zero-order valence-electron chi connectivity index (χ0n) is 6.52. The van der Waals surface area contributed by atoms with Crippen molar-refractivity contribution in [3.63, 3.8) is 0 Å². The average molecular weight is 132 g/mol. The highest BCUT2D eigenvalue weighted by atomic mass is 16.7. The van der Waals surface area contributed by atoms with Gasteiger partial charge in [-0.15, -0.1) is 0 Å². The lowest BCUT2D eigenvalue weighted by Crippen LogP contribution is -2.05. The van der Waals surface area contributed by atoms with Gasteiger partial charge in [0.2, 0.25) is 0 Å². The van der Waals surface area contributed by atoms with Gasteiger partial charge >= 0.3 is 0 Å². The molecule has 1 heterocycles. The minimum absolute atomic E-state index is 0.375. The van der Waals surface area contributed by atoms with Crippen LogP contribution in [0.1, 0.15) is 27.2 Å². The molecule has 1 aliphatic rings. The van der Waals surface area contributed by atoms with Crippen molar-refractivity contribution < 1.29 is 9.47 Å². The molecule has 0 radical (unpaired) electrons. The van der Waals surface area contributed by atoms with Crippen LogP contribution in [0.15, 0.2) is 0 Å². The van der Waals surface area contributed by atoms with Crippen LogP contribution in [-0.2, 0) is 9.47 Å². The molecule has 0 aromatic heterocycles. The van der Waals surface area contributed by atoms with Crippen molar-refractivity contribution in [1.82, 2.24) is 0 Å². The largest absolute Gasteiger partial charge is 0.353 e. The number of ether oxygens (including phenoxy) is 2. The first-order valence-corrected chi connectivity index (χ1v) is 3.63. The minimum atomic E-state index is 0.375. The Kier molecular flexibility index (Phi) is 5.99. The third-order valence-corrected chi connectivity index (χ3v) is 1.15. The maximum atomic E-state index is 5.08. The third-order valence-electron chi connectivity index (χ3n) is 1.15. The van der Waals surface area contributed by atoms with E-state index in [9.17, 15) is 0 Å². The summed E-state index contributed by atoms with van der Waals surface area (Å²) in [5, 5.41) is 0. The molecule has 0 bridgehead atoms. The van der Waals surface area contributed by atoms with Crippen LogP contribution in [0.5, 0.6) is 0 Å². The standard InChI is InChI=1S/C5H10O2.C2H6/c1-2-5-3-6-4-7-5;1-2/h5H,2-4H2,1H3;1-2H3. The Balaban J connectivity index is 0.000000291. The lowest BCUT2D eigenvalue weighted by molar-refractivity contribution is 0.0460. The van der Waals surface area contributed by atoms with Crippen LogP contribution in [-0.4, -0.2) is 19.5 Å². The molecule has 1 fully saturated rings. The summed E-state index contributed by atoms with van der Waals surface area (Å²) in [5.41, 5.74) is 0. The van der Waals surface area contributed by atoms with Crippen molar-refractivity contribution in [3.8, 4) is 0 Å². The summed E-state index contributed by atoms with van der Waals surface area (Å²) in [6.45, 7) is 7.38. The first-order chi connectivity index (χ1) is 4.43. The molecule has 9 heavy (non-hydrogen) atoms. The molecule has 0 N–H and O–H groups in total. The molecule has 1 rings (SSSR count). The molecule has 1 aliphatic heterocycles. The number of hydrogen-bond donors (Lipinski definition) is 0. The van der Waals surface area contributed by atoms with Gasteiger partial charge in [-0.25, -0.2) is 0 Å². The summed E-state index contributed by atoms with van der Waals surface area (Å²) in [6, 6.07) is 0. The zero-order chi connectivity index (χ0) is 7.11. The monoisotopic (exact) mass is 132 g/mol. The highest BCUT2D eigenvalue weighted by Crippen LogP contribution is 2.04. The Hall–Kier alpha value is -0.0800. The van der Waals surface area contributed by atoms with Crippen molar-refractivity contribution in [2.45, 2.75) is 33.3 Å². The van der Waals surface area contributed by atoms with Crippen LogP contribution in [0.4, 0.5) is 0 Å². The number of hydrogen-bond acceptors (Lipinski definition) is 2. The van der Waals surface area contributed by atoms with Gasteiger partial charge in [-0.2, -0.15) is 0 Å². The van der Waals surface area contributed by atoms with Gasteiger partial charge in [-0.05, 0) is 6.42 Å². The summed E-state index contributed by atoms with van der Waals surface area (Å²) >= 11 is 0. The van der Waals surface area contributed by atoms with Crippen LogP contribution in [0, 0.1) is 0 Å². The Morgan fingerprint density at radius 1 is 1.44 bits per heavy atom. The van der Waals surface area contributed by atoms with E-state index in [-0.39, 0.29) is 0 Å². The quantitative estimate of drug-likeness (QED) is 0.541. The van der Waals surface area contributed by atoms with Crippen molar-refractivity contribution >= 4 is 0 Å². The minimum Gasteiger partial charge on any atom is -0.353 e. The molecule has 0 aromatic rings. The molecule has 0 amide bonds. The second-order valence-corrected chi connectivity index (χ2v) is 1.69. The van der Waals surface area contributed by atoms with Crippen LogP contribution in [0.25, 0.3) is 0 Å². The summed E-state index contributed by atoms with van der Waals surface area (Å²) in [6.07, 6.45) is 1.44. The van der Waals surface area contributed by atoms with E-state index in [0.29, 0.717) is 12.9 Å². The Bertz CT molecular complexity index is 48.9. The van der Waals surface area contributed by atoms with Crippen molar-refractivity contribution in [3.05, 3.63) is 0 Å². The van der Waals surface area contributed by atoms with Gasteiger partial charge in [0, 0.05) is 0 Å². The topological polar surface area (TPSA) is 18.5 Å². The van der Waals surface area contributed by atoms with Gasteiger partial charge in [0.15, 0.2) is 0 Å². The molecule has 1 saturated heterocycles. The molecule has 0 saturated carbocycles. The average Bonchev–Trinajstić information content (AvgIpc) is 2.43. The molecule has 2 heteroatoms. The second-order valence-electron chi connectivity index (χ2n) is 1.69. The molecular weight excluding hydrogens is 116 g/mol. The van der Waals surface area contributed by atoms with E-state index in [1.165, 1.54) is 0 Å². The summed E-state index contributed by atoms with van der Waals surface area (Å²) in [7, 11) is 0. The predicted molar refractivity (Wildman–Crippen MR) is 37.3 cm³/mol. The fourth-order valence-corrected chi connectivity index (χ4v) is 0.608. The number of rotatable bonds is 1. The van der Waals surface area contributed by atoms with E-state index in [4.69, 9.17) is 9.47 Å². The summed E-state index contributed by atoms with van der Waals surface area (Å²) in [5.74, 6) is 0. The van der Waals surface area contributed by atoms with Gasteiger partial charge < -0.3 is 9.47 Å². The first kappa shape index (κ1) is 8.92. The molecular formula is C7H16O2. The smallest absolute Gasteiger partial charge is 0.147 e. The van der Waals surface area contributed by atoms with Crippen molar-refractivity contribution in [2.24, 2.45) is 0 Å². The molecule has 0 aromatic carbocycles. The van der Waals surface area contributed by atoms with Gasteiger partial charge in [0.05, 0.1) is 12.7 Å². The van der Waals surface area contributed by atoms with Crippen LogP contribution >= 0.6 is 0 Å². The Morgan fingerprint density at radius 3 is 2.33 bits per heavy atom. The highest BCUT2D eigenvalue weighted by Gasteiger charge is 2.11. The van der Waals surface area contributed by atoms with Gasteiger partial charge in [-0.1, -0.05) is 20.8 Å². The van der Waals surface area contributed by atoms with Gasteiger partial charge in [-0.3, -0.25) is 0 Å². The van der Waals surface area contributed by atoms with E-state index >= 15 is 0 Å². The fourth-order valence-electron chi connectivity index (χ4n) is 0.608. The SMILES string of the molecule is CC.CCC1COCO1. The molecule has 0 spiro atoms. The van der Waals surface area contributed by atoms with E-state index in [2.05, 4.69) is 6.92 Å². The first-order valence-electron chi connectivity index (χ1n) is 3.63. The molecule has 1 unspecified atom stereocenters. The van der Waals surface area contributed by atoms with Crippen LogP contribution < -0.4 is 0 Å². The lowest BCUT2D eigenvalue weighted by atomic mass is 10.3. The second kappa shape index (κ2) is 6.05. The lowest BCUT2D eigenvalue weighted by Gasteiger charge is -1.98. The van der Waals surface area contributed by atoms with Crippen LogP contribution in [0.3, 0.4) is 0 Å². The van der Waals surface area contributed by atoms with E-state index in [1.807, 2.05) is 13.8 Å². The van der Waals surface area contributed by atoms with E-state index in [0.717, 1.165) is 13.0 Å². The summed E-state index contributed by atoms with van der Waals surface area (Å²) < 4.78 is 10.0. The maximum Gasteiger partial charge on any atom is 0.147 e. The maximum absolute atomic E-state index is 5.08. The predicted octanol–water partition coefficient (Wildman–Crippen LogP) is 1.80. The van der Waals surface area contributed by atoms with Crippen molar-refractivity contribution in [2.75, 3.05) is 13.4 Å². The zero-order valence-corrected chi connectivity index (χ0v) is 6.52. The van der Waals surface area contributed by atoms with Gasteiger partial charge in [0.25, 0.3) is 0 Å². The third kappa shape index (κ3) is 3.49. The highest BCUT2D eigenvalue weighted by molar-refractivity contribution is 4.54. The summed E-state index contributed by atoms with van der Waals surface area (Å²) in [4.78, 5) is 0. The molecule has 0 aliphatic carbocycles. The van der Waals surface area contributed by atoms with Crippen LogP contribution in [0.2, 0.25) is 0 Å². The Labute approximate surface area is 57.2 Å². The molecule has 2 nitrogen and oxygen atoms in total. The van der Waals surface area contributed by atoms with E-state index in [1.54, 1.807) is 0 Å². The Morgan fingerprint density at radius 2 is 2.11 bits per heavy atom. The molecule has 1 atom stereocenters. The van der Waals surface area contributed by atoms with Gasteiger partial charge in [0.1, 0.15) is 6.79 Å².